The molecule has 0 amide bonds. The number of fused-ring (bicyclic) bond motifs is 1. The van der Waals surface area contributed by atoms with Crippen molar-refractivity contribution in [3.05, 3.63) is 20.2 Å². The zero-order chi connectivity index (χ0) is 12.4. The molecule has 1 aliphatic rings. The molecule has 6 nitrogen and oxygen atoms in total. The highest BCUT2D eigenvalue weighted by Crippen LogP contribution is 2.20. The minimum Gasteiger partial charge on any atom is -0.395 e. The Balaban J connectivity index is 2.39. The van der Waals surface area contributed by atoms with Crippen molar-refractivity contribution in [1.29, 1.82) is 0 Å². The number of hydrogen-bond acceptors (Lipinski definition) is 6. The predicted octanol–water partition coefficient (Wildman–Crippen LogP) is -1.29. The summed E-state index contributed by atoms with van der Waals surface area (Å²) in [5, 5.41) is 8.88. The molecule has 8 heteroatoms. The quantitative estimate of drug-likeness (QED) is 0.533. The Labute approximate surface area is 102 Å². The number of carbonyl (C=O) groups is 2. The first-order valence-corrected chi connectivity index (χ1v) is 5.88. The van der Waals surface area contributed by atoms with Crippen molar-refractivity contribution in [2.75, 3.05) is 13.2 Å². The fourth-order valence-corrected chi connectivity index (χ4v) is 2.79. The van der Waals surface area contributed by atoms with Gasteiger partial charge in [0.05, 0.1) is 29.9 Å². The third-order valence-electron chi connectivity index (χ3n) is 2.55. The zero-order valence-corrected chi connectivity index (χ0v) is 9.77. The monoisotopic (exact) mass is 253 g/mol. The number of hydrogen-bond donors (Lipinski definition) is 1. The number of Topliss-reactive ketones (excluding diaryl/α,β-unsaturated/α-hetero) is 1. The van der Waals surface area contributed by atoms with Gasteiger partial charge in [0, 0.05) is 13.1 Å². The Morgan fingerprint density at radius 2 is 2.18 bits per heavy atom. The van der Waals surface area contributed by atoms with Gasteiger partial charge in [-0.1, -0.05) is 11.3 Å². The maximum atomic E-state index is 11.8. The molecular formula is C9H10BN2O4S. The maximum absolute atomic E-state index is 11.8. The van der Waals surface area contributed by atoms with Crippen molar-refractivity contribution in [2.24, 2.45) is 0 Å². The van der Waals surface area contributed by atoms with Gasteiger partial charge in [-0.15, -0.1) is 0 Å². The summed E-state index contributed by atoms with van der Waals surface area (Å²) in [5.41, 5.74) is 0.586. The van der Waals surface area contributed by atoms with E-state index in [9.17, 15) is 14.4 Å². The molecule has 1 aromatic heterocycles. The van der Waals surface area contributed by atoms with Gasteiger partial charge in [0.15, 0.2) is 5.78 Å². The average molecular weight is 253 g/mol. The molecule has 0 aliphatic carbocycles. The molecule has 1 radical (unpaired) electrons. The molecule has 17 heavy (non-hydrogen) atoms. The molecule has 1 aliphatic heterocycles. The van der Waals surface area contributed by atoms with Crippen LogP contribution in [-0.2, 0) is 17.9 Å². The van der Waals surface area contributed by atoms with Gasteiger partial charge >= 0.3 is 4.87 Å². The Bertz CT molecular complexity index is 510. The van der Waals surface area contributed by atoms with E-state index in [-0.39, 0.29) is 30.4 Å². The highest BCUT2D eigenvalue weighted by Gasteiger charge is 2.28. The molecule has 0 spiro atoms. The van der Waals surface area contributed by atoms with Crippen LogP contribution in [0.3, 0.4) is 0 Å². The van der Waals surface area contributed by atoms with Gasteiger partial charge in [0.1, 0.15) is 0 Å². The molecule has 0 aromatic carbocycles. The van der Waals surface area contributed by atoms with E-state index in [1.807, 2.05) is 0 Å². The lowest BCUT2D eigenvalue weighted by Gasteiger charge is -2.24. The lowest BCUT2D eigenvalue weighted by Crippen LogP contribution is -2.39. The van der Waals surface area contributed by atoms with Gasteiger partial charge in [-0.2, -0.15) is 0 Å². The predicted molar refractivity (Wildman–Crippen MR) is 62.9 cm³/mol. The summed E-state index contributed by atoms with van der Waals surface area (Å²) in [6, 6.07) is 0. The third-order valence-corrected chi connectivity index (χ3v) is 3.61. The third kappa shape index (κ3) is 2.24. The summed E-state index contributed by atoms with van der Waals surface area (Å²) in [7, 11) is 1.28. The average Bonchev–Trinajstić information content (AvgIpc) is 2.59. The summed E-state index contributed by atoms with van der Waals surface area (Å²) in [4.78, 5) is 35.5. The van der Waals surface area contributed by atoms with E-state index in [1.54, 1.807) is 4.81 Å². The van der Waals surface area contributed by atoms with Crippen LogP contribution in [0.4, 0.5) is 0 Å². The topological polar surface area (TPSA) is 79.6 Å². The molecule has 0 saturated heterocycles. The molecule has 2 heterocycles. The fourth-order valence-electron chi connectivity index (χ4n) is 1.83. The molecule has 2 rings (SSSR count). The molecule has 0 unspecified atom stereocenters. The number of rotatable bonds is 4. The Morgan fingerprint density at radius 1 is 1.41 bits per heavy atom. The van der Waals surface area contributed by atoms with Crippen molar-refractivity contribution in [3.63, 3.8) is 0 Å². The van der Waals surface area contributed by atoms with E-state index in [4.69, 9.17) is 5.11 Å². The highest BCUT2D eigenvalue weighted by molar-refractivity contribution is 7.11. The standard InChI is InChI=1S/C9H10BN2O4S/c13-2-1-12-6-3-11(10-5-14)4-7(15)8(6)17-9(12)16/h5,13H,1-4H2. The first-order valence-electron chi connectivity index (χ1n) is 5.06. The van der Waals surface area contributed by atoms with Gasteiger partial charge in [0.2, 0.25) is 0 Å². The Hall–Kier alpha value is -1.25. The molecule has 1 N–H and O–H groups in total. The summed E-state index contributed by atoms with van der Waals surface area (Å²) in [6.07, 6.45) is 0.610. The molecule has 0 saturated carbocycles. The van der Waals surface area contributed by atoms with Crippen LogP contribution in [0.15, 0.2) is 4.79 Å². The number of aliphatic hydroxyl groups is 1. The van der Waals surface area contributed by atoms with Crippen LogP contribution in [0.25, 0.3) is 0 Å². The lowest BCUT2D eigenvalue weighted by atomic mass is 9.91. The van der Waals surface area contributed by atoms with E-state index in [2.05, 4.69) is 0 Å². The second kappa shape index (κ2) is 4.95. The molecule has 1 aromatic rings. The van der Waals surface area contributed by atoms with Crippen LogP contribution in [-0.4, -0.2) is 47.0 Å². The van der Waals surface area contributed by atoms with Gasteiger partial charge in [-0.25, -0.2) is 0 Å². The van der Waals surface area contributed by atoms with Crippen LogP contribution in [0.2, 0.25) is 0 Å². The van der Waals surface area contributed by atoms with Gasteiger partial charge in [-0.3, -0.25) is 14.2 Å². The van der Waals surface area contributed by atoms with Crippen LogP contribution < -0.4 is 4.87 Å². The second-order valence-corrected chi connectivity index (χ2v) is 4.59. The Kier molecular flexibility index (Phi) is 3.56. The van der Waals surface area contributed by atoms with Crippen molar-refractivity contribution < 1.29 is 14.7 Å². The molecular weight excluding hydrogens is 243 g/mol. The van der Waals surface area contributed by atoms with Crippen molar-refractivity contribution in [3.8, 4) is 0 Å². The number of thiazole rings is 1. The highest BCUT2D eigenvalue weighted by atomic mass is 32.1. The number of nitrogens with zero attached hydrogens (tertiary/aromatic N) is 2. The van der Waals surface area contributed by atoms with Crippen molar-refractivity contribution in [2.45, 2.75) is 13.1 Å². The van der Waals surface area contributed by atoms with E-state index in [1.165, 1.54) is 12.0 Å². The largest absolute Gasteiger partial charge is 0.395 e. The zero-order valence-electron chi connectivity index (χ0n) is 8.96. The lowest BCUT2D eigenvalue weighted by molar-refractivity contribution is 0.0952. The smallest absolute Gasteiger partial charge is 0.308 e. The summed E-state index contributed by atoms with van der Waals surface area (Å²) >= 11 is 0.903. The second-order valence-electron chi connectivity index (χ2n) is 3.63. The first kappa shape index (κ1) is 12.2. The maximum Gasteiger partial charge on any atom is 0.308 e. The van der Waals surface area contributed by atoms with E-state index in [0.29, 0.717) is 23.3 Å². The molecule has 89 valence electrons. The van der Waals surface area contributed by atoms with Crippen LogP contribution in [0.5, 0.6) is 0 Å². The SMILES string of the molecule is O=C[B]N1CC(=O)c2sc(=O)n(CCO)c2C1. The van der Waals surface area contributed by atoms with Crippen molar-refractivity contribution >= 4 is 30.7 Å². The van der Waals surface area contributed by atoms with Crippen LogP contribution >= 0.6 is 11.3 Å². The van der Waals surface area contributed by atoms with Crippen molar-refractivity contribution in [1.82, 2.24) is 9.38 Å². The minimum atomic E-state index is -0.245. The normalized spacial score (nSPS) is 15.7. The van der Waals surface area contributed by atoms with Gasteiger partial charge in [-0.05, 0) is 0 Å². The summed E-state index contributed by atoms with van der Waals surface area (Å²) in [6.45, 7) is 0.477. The number of ketones is 1. The number of aliphatic hydroxyl groups excluding tert-OH is 1. The van der Waals surface area contributed by atoms with E-state index >= 15 is 0 Å². The minimum absolute atomic E-state index is 0.116. The fraction of sp³-hybridized carbons (Fsp3) is 0.444. The van der Waals surface area contributed by atoms with Crippen LogP contribution in [0.1, 0.15) is 15.4 Å². The summed E-state index contributed by atoms with van der Waals surface area (Å²) in [5.74, 6) is -0.164. The van der Waals surface area contributed by atoms with E-state index < -0.39 is 0 Å². The molecule has 0 bridgehead atoms. The summed E-state index contributed by atoms with van der Waals surface area (Å²) < 4.78 is 1.39. The molecule has 0 fully saturated rings. The molecule has 0 atom stereocenters. The first-order chi connectivity index (χ1) is 8.17. The number of carbonyl (C=O) groups excluding carboxylic acids is 2. The van der Waals surface area contributed by atoms with Gasteiger partial charge < -0.3 is 14.7 Å². The van der Waals surface area contributed by atoms with E-state index in [0.717, 1.165) is 11.3 Å². The Morgan fingerprint density at radius 3 is 2.82 bits per heavy atom. The van der Waals surface area contributed by atoms with Crippen LogP contribution in [0, 0.1) is 0 Å². The number of aromatic nitrogens is 1. The van der Waals surface area contributed by atoms with Gasteiger partial charge in [0.25, 0.3) is 7.41 Å².